The summed E-state index contributed by atoms with van der Waals surface area (Å²) in [4.78, 5) is 1.15. The van der Waals surface area contributed by atoms with Crippen LogP contribution in [0.2, 0.25) is 0 Å². The summed E-state index contributed by atoms with van der Waals surface area (Å²) in [6.45, 7) is 13.3. The lowest BCUT2D eigenvalue weighted by Crippen LogP contribution is -1.96. The minimum atomic E-state index is 1.02. The van der Waals surface area contributed by atoms with E-state index in [1.54, 1.807) is 22.9 Å². The van der Waals surface area contributed by atoms with Gasteiger partial charge in [-0.3, -0.25) is 0 Å². The molecule has 0 spiro atoms. The van der Waals surface area contributed by atoms with Gasteiger partial charge in [-0.05, 0) is 104 Å². The van der Waals surface area contributed by atoms with Gasteiger partial charge in [0.15, 0.2) is 0 Å². The summed E-state index contributed by atoms with van der Waals surface area (Å²) >= 11 is 1.78. The Kier molecular flexibility index (Phi) is 7.24. The predicted octanol–water partition coefficient (Wildman–Crippen LogP) is 7.99. The van der Waals surface area contributed by atoms with Gasteiger partial charge in [-0.25, -0.2) is 0 Å². The van der Waals surface area contributed by atoms with Gasteiger partial charge in [-0.1, -0.05) is 67.6 Å². The Bertz CT molecular complexity index is 885. The van der Waals surface area contributed by atoms with Gasteiger partial charge in [0.2, 0.25) is 0 Å². The third kappa shape index (κ3) is 5.20. The van der Waals surface area contributed by atoms with E-state index >= 15 is 0 Å². The zero-order valence-electron chi connectivity index (χ0n) is 18.0. The third-order valence-electron chi connectivity index (χ3n) is 5.97. The molecule has 0 aromatic heterocycles. The van der Waals surface area contributed by atoms with Crippen LogP contribution in [-0.2, 0) is 25.7 Å². The number of aryl methyl sites for hydroxylation is 5. The summed E-state index contributed by atoms with van der Waals surface area (Å²) in [7, 11) is 0. The molecule has 3 rings (SSSR count). The summed E-state index contributed by atoms with van der Waals surface area (Å²) < 4.78 is 0. The summed E-state index contributed by atoms with van der Waals surface area (Å²) in [5, 5.41) is 2.29. The highest BCUT2D eigenvalue weighted by atomic mass is 32.2. The van der Waals surface area contributed by atoms with Crippen molar-refractivity contribution in [2.45, 2.75) is 72.6 Å². The Morgan fingerprint density at radius 3 is 2.43 bits per heavy atom. The van der Waals surface area contributed by atoms with Crippen molar-refractivity contribution in [1.82, 2.24) is 0 Å². The van der Waals surface area contributed by atoms with E-state index in [1.165, 1.54) is 65.5 Å². The molecule has 148 valence electrons. The van der Waals surface area contributed by atoms with Crippen molar-refractivity contribution < 1.29 is 0 Å². The lowest BCUT2D eigenvalue weighted by molar-refractivity contribution is 0.711. The first-order chi connectivity index (χ1) is 13.5. The first-order valence-electron chi connectivity index (χ1n) is 10.7. The minimum absolute atomic E-state index is 1.02. The number of hydrogen-bond donors (Lipinski definition) is 0. The summed E-state index contributed by atoms with van der Waals surface area (Å²) in [5.74, 6) is 0. The predicted molar refractivity (Wildman–Crippen MR) is 127 cm³/mol. The zero-order valence-corrected chi connectivity index (χ0v) is 18.8. The minimum Gasteiger partial charge on any atom is -0.0981 e. The fourth-order valence-corrected chi connectivity index (χ4v) is 4.87. The molecule has 1 aliphatic rings. The molecule has 2 aromatic carbocycles. The molecule has 1 heteroatoms. The number of allylic oxidation sites excluding steroid dienone is 1. The van der Waals surface area contributed by atoms with Gasteiger partial charge in [0.05, 0.1) is 0 Å². The van der Waals surface area contributed by atoms with Gasteiger partial charge in [0, 0.05) is 4.91 Å². The highest BCUT2D eigenvalue weighted by Crippen LogP contribution is 2.31. The number of thioether (sulfide) groups is 1. The molecule has 0 nitrogen and oxygen atoms in total. The molecule has 1 aliphatic carbocycles. The van der Waals surface area contributed by atoms with Gasteiger partial charge < -0.3 is 0 Å². The molecule has 0 saturated heterocycles. The largest absolute Gasteiger partial charge is 0.0981 e. The van der Waals surface area contributed by atoms with Gasteiger partial charge in [-0.2, -0.15) is 0 Å². The molecule has 0 radical (unpaired) electrons. The van der Waals surface area contributed by atoms with Crippen LogP contribution in [0, 0.1) is 13.8 Å². The quantitative estimate of drug-likeness (QED) is 0.450. The fraction of sp³-hybridized carbons (Fsp3) is 0.407. The SMILES string of the molecule is C=C(S/C=C(\C)Cc1cc(CC)c(C)cc1C)c1ccc2c(c1)CCCCC2. The molecular formula is C27H34S. The van der Waals surface area contributed by atoms with Crippen molar-refractivity contribution in [1.29, 1.82) is 0 Å². The van der Waals surface area contributed by atoms with E-state index in [0.717, 1.165) is 17.7 Å². The van der Waals surface area contributed by atoms with Crippen LogP contribution < -0.4 is 0 Å². The molecule has 2 aromatic rings. The van der Waals surface area contributed by atoms with Gasteiger partial charge >= 0.3 is 0 Å². The van der Waals surface area contributed by atoms with Crippen molar-refractivity contribution in [3.05, 3.63) is 86.8 Å². The Balaban J connectivity index is 1.68. The average molecular weight is 391 g/mol. The average Bonchev–Trinajstić information content (AvgIpc) is 2.93. The van der Waals surface area contributed by atoms with Crippen LogP contribution in [-0.4, -0.2) is 0 Å². The van der Waals surface area contributed by atoms with E-state index in [0.29, 0.717) is 0 Å². The Morgan fingerprint density at radius 1 is 0.964 bits per heavy atom. The number of hydrogen-bond acceptors (Lipinski definition) is 1. The second-order valence-corrected chi connectivity index (χ2v) is 9.25. The van der Waals surface area contributed by atoms with Crippen molar-refractivity contribution in [3.8, 4) is 0 Å². The molecule has 0 atom stereocenters. The Morgan fingerprint density at radius 2 is 1.68 bits per heavy atom. The van der Waals surface area contributed by atoms with Crippen LogP contribution in [0.3, 0.4) is 0 Å². The third-order valence-corrected chi connectivity index (χ3v) is 7.01. The summed E-state index contributed by atoms with van der Waals surface area (Å²) in [6.07, 6.45) is 8.61. The van der Waals surface area contributed by atoms with Crippen LogP contribution in [0.15, 0.2) is 47.9 Å². The lowest BCUT2D eigenvalue weighted by atomic mass is 9.95. The Labute approximate surface area is 176 Å². The van der Waals surface area contributed by atoms with Crippen LogP contribution in [0.1, 0.15) is 72.1 Å². The molecule has 0 aliphatic heterocycles. The first-order valence-corrected chi connectivity index (χ1v) is 11.6. The first kappa shape index (κ1) is 21.0. The van der Waals surface area contributed by atoms with Crippen molar-refractivity contribution >= 4 is 16.7 Å². The van der Waals surface area contributed by atoms with Crippen molar-refractivity contribution in [3.63, 3.8) is 0 Å². The maximum Gasteiger partial charge on any atom is 0.0116 e. The van der Waals surface area contributed by atoms with Crippen LogP contribution in [0.5, 0.6) is 0 Å². The maximum absolute atomic E-state index is 4.35. The molecule has 0 bridgehead atoms. The number of benzene rings is 2. The van der Waals surface area contributed by atoms with Crippen molar-refractivity contribution in [2.75, 3.05) is 0 Å². The monoisotopic (exact) mass is 390 g/mol. The highest BCUT2D eigenvalue weighted by molar-refractivity contribution is 8.10. The zero-order chi connectivity index (χ0) is 20.1. The Hall–Kier alpha value is -1.73. The molecule has 28 heavy (non-hydrogen) atoms. The smallest absolute Gasteiger partial charge is 0.0116 e. The highest BCUT2D eigenvalue weighted by Gasteiger charge is 2.10. The van der Waals surface area contributed by atoms with Crippen LogP contribution in [0.4, 0.5) is 0 Å². The maximum atomic E-state index is 4.35. The second kappa shape index (κ2) is 9.65. The normalized spacial score (nSPS) is 14.5. The van der Waals surface area contributed by atoms with Crippen LogP contribution >= 0.6 is 11.8 Å². The second-order valence-electron chi connectivity index (χ2n) is 8.28. The lowest BCUT2D eigenvalue weighted by Gasteiger charge is -2.12. The number of fused-ring (bicyclic) bond motifs is 1. The van der Waals surface area contributed by atoms with E-state index < -0.39 is 0 Å². The van der Waals surface area contributed by atoms with Crippen molar-refractivity contribution in [2.24, 2.45) is 0 Å². The molecule has 0 amide bonds. The molecule has 0 N–H and O–H groups in total. The topological polar surface area (TPSA) is 0 Å². The molecule has 0 saturated carbocycles. The van der Waals surface area contributed by atoms with E-state index in [9.17, 15) is 0 Å². The van der Waals surface area contributed by atoms with Crippen LogP contribution in [0.25, 0.3) is 4.91 Å². The fourth-order valence-electron chi connectivity index (χ4n) is 4.18. The number of rotatable bonds is 6. The van der Waals surface area contributed by atoms with Gasteiger partial charge in [0.25, 0.3) is 0 Å². The van der Waals surface area contributed by atoms with Gasteiger partial charge in [0.1, 0.15) is 0 Å². The van der Waals surface area contributed by atoms with E-state index in [1.807, 2.05) is 0 Å². The van der Waals surface area contributed by atoms with Gasteiger partial charge in [-0.15, -0.1) is 0 Å². The molecular weight excluding hydrogens is 356 g/mol. The standard InChI is InChI=1S/C27H34S/c1-6-23-16-27(21(4)15-20(23)3)14-19(2)18-28-22(5)25-13-12-24-10-8-7-9-11-26(24)17-25/h12-13,15-18H,5-11,14H2,1-4H3/b19-18+. The molecule has 0 fully saturated rings. The van der Waals surface area contributed by atoms with E-state index in [2.05, 4.69) is 70.0 Å². The summed E-state index contributed by atoms with van der Waals surface area (Å²) in [5.41, 5.74) is 11.5. The molecule has 0 heterocycles. The van der Waals surface area contributed by atoms with E-state index in [-0.39, 0.29) is 0 Å². The van der Waals surface area contributed by atoms with E-state index in [4.69, 9.17) is 0 Å². The molecule has 0 unspecified atom stereocenters. The summed E-state index contributed by atoms with van der Waals surface area (Å²) in [6, 6.07) is 11.7.